The first-order valence-corrected chi connectivity index (χ1v) is 7.97. The molecule has 0 spiro atoms. The third-order valence-corrected chi connectivity index (χ3v) is 4.62. The Balaban J connectivity index is 2.40. The number of sulfonamides is 1. The minimum absolute atomic E-state index is 0.0283. The maximum atomic E-state index is 13.2. The van der Waals surface area contributed by atoms with Crippen LogP contribution in [0.2, 0.25) is 5.02 Å². The molecule has 4 nitrogen and oxygen atoms in total. The van der Waals surface area contributed by atoms with Gasteiger partial charge in [0.05, 0.1) is 10.6 Å². The van der Waals surface area contributed by atoms with E-state index in [0.717, 1.165) is 12.1 Å². The molecule has 106 valence electrons. The molecular weight excluding hydrogens is 371 g/mol. The highest BCUT2D eigenvalue weighted by atomic mass is 79.9. The van der Waals surface area contributed by atoms with E-state index in [2.05, 4.69) is 20.7 Å². The van der Waals surface area contributed by atoms with Gasteiger partial charge < -0.3 is 5.73 Å². The molecule has 0 saturated carbocycles. The number of nitrogens with one attached hydrogen (secondary N) is 1. The molecule has 0 bridgehead atoms. The topological polar surface area (TPSA) is 72.2 Å². The van der Waals surface area contributed by atoms with Crippen molar-refractivity contribution in [3.8, 4) is 0 Å². The van der Waals surface area contributed by atoms with Crippen molar-refractivity contribution in [2.45, 2.75) is 4.90 Å². The van der Waals surface area contributed by atoms with Crippen LogP contribution in [0.1, 0.15) is 0 Å². The van der Waals surface area contributed by atoms with Crippen molar-refractivity contribution in [1.82, 2.24) is 0 Å². The molecule has 0 heterocycles. The highest BCUT2D eigenvalue weighted by molar-refractivity contribution is 9.10. The van der Waals surface area contributed by atoms with Crippen LogP contribution in [0.4, 0.5) is 15.8 Å². The van der Waals surface area contributed by atoms with Crippen molar-refractivity contribution in [2.24, 2.45) is 0 Å². The highest BCUT2D eigenvalue weighted by Crippen LogP contribution is 2.28. The van der Waals surface area contributed by atoms with Gasteiger partial charge >= 0.3 is 0 Å². The third kappa shape index (κ3) is 3.41. The summed E-state index contributed by atoms with van der Waals surface area (Å²) >= 11 is 8.96. The molecule has 0 radical (unpaired) electrons. The number of benzene rings is 2. The summed E-state index contributed by atoms with van der Waals surface area (Å²) in [6.45, 7) is 0. The van der Waals surface area contributed by atoms with Crippen molar-refractivity contribution < 1.29 is 12.8 Å². The molecule has 8 heteroatoms. The zero-order valence-corrected chi connectivity index (χ0v) is 13.1. The first-order valence-electron chi connectivity index (χ1n) is 5.32. The second-order valence-electron chi connectivity index (χ2n) is 3.95. The van der Waals surface area contributed by atoms with Gasteiger partial charge in [-0.3, -0.25) is 4.72 Å². The number of halogens is 3. The van der Waals surface area contributed by atoms with E-state index in [1.165, 1.54) is 18.2 Å². The van der Waals surface area contributed by atoms with Crippen LogP contribution < -0.4 is 10.5 Å². The standard InChI is InChI=1S/C12H9BrClFN2O2S/c13-11-3-7(14)1-2-12(11)17-20(18,19)10-5-8(15)4-9(16)6-10/h1-6,17H,16H2. The SMILES string of the molecule is Nc1cc(F)cc(S(=O)(=O)Nc2ccc(Cl)cc2Br)c1. The Kier molecular flexibility index (Phi) is 4.22. The van der Waals surface area contributed by atoms with Gasteiger partial charge in [-0.15, -0.1) is 0 Å². The number of nitrogens with two attached hydrogens (primary N) is 1. The lowest BCUT2D eigenvalue weighted by Crippen LogP contribution is -2.14. The average molecular weight is 380 g/mol. The summed E-state index contributed by atoms with van der Waals surface area (Å²) in [7, 11) is -3.94. The molecular formula is C12H9BrClFN2O2S. The fraction of sp³-hybridized carbons (Fsp3) is 0. The van der Waals surface area contributed by atoms with Crippen LogP contribution in [-0.4, -0.2) is 8.42 Å². The monoisotopic (exact) mass is 378 g/mol. The molecule has 20 heavy (non-hydrogen) atoms. The Labute approximate surface area is 128 Å². The lowest BCUT2D eigenvalue weighted by Gasteiger charge is -2.10. The molecule has 0 aliphatic rings. The van der Waals surface area contributed by atoms with Gasteiger partial charge in [0.15, 0.2) is 0 Å². The molecule has 0 aromatic heterocycles. The van der Waals surface area contributed by atoms with Crippen LogP contribution in [-0.2, 0) is 10.0 Å². The maximum absolute atomic E-state index is 13.2. The van der Waals surface area contributed by atoms with Crippen molar-refractivity contribution in [1.29, 1.82) is 0 Å². The number of hydrogen-bond donors (Lipinski definition) is 2. The number of hydrogen-bond acceptors (Lipinski definition) is 3. The van der Waals surface area contributed by atoms with Crippen LogP contribution in [0.3, 0.4) is 0 Å². The average Bonchev–Trinajstić information content (AvgIpc) is 2.31. The van der Waals surface area contributed by atoms with Gasteiger partial charge in [-0.1, -0.05) is 11.6 Å². The van der Waals surface area contributed by atoms with E-state index < -0.39 is 15.8 Å². The summed E-state index contributed by atoms with van der Waals surface area (Å²) < 4.78 is 40.3. The van der Waals surface area contributed by atoms with E-state index in [-0.39, 0.29) is 16.3 Å². The summed E-state index contributed by atoms with van der Waals surface area (Å²) in [6, 6.07) is 7.67. The molecule has 0 aliphatic carbocycles. The minimum atomic E-state index is -3.94. The van der Waals surface area contributed by atoms with Crippen LogP contribution in [0.5, 0.6) is 0 Å². The first-order chi connectivity index (χ1) is 9.28. The fourth-order valence-electron chi connectivity index (χ4n) is 1.52. The molecule has 0 aliphatic heterocycles. The van der Waals surface area contributed by atoms with Gasteiger partial charge in [-0.25, -0.2) is 12.8 Å². The third-order valence-electron chi connectivity index (χ3n) is 2.38. The Morgan fingerprint density at radius 1 is 1.20 bits per heavy atom. The van der Waals surface area contributed by atoms with Crippen molar-refractivity contribution >= 4 is 48.9 Å². The summed E-state index contributed by atoms with van der Waals surface area (Å²) in [4.78, 5) is -0.253. The lowest BCUT2D eigenvalue weighted by atomic mass is 10.3. The van der Waals surface area contributed by atoms with E-state index in [1.807, 2.05) is 0 Å². The summed E-state index contributed by atoms with van der Waals surface area (Å²) in [5.74, 6) is -0.722. The molecule has 0 amide bonds. The largest absolute Gasteiger partial charge is 0.399 e. The summed E-state index contributed by atoms with van der Waals surface area (Å²) in [5.41, 5.74) is 5.76. The molecule has 0 fully saturated rings. The van der Waals surface area contributed by atoms with E-state index in [4.69, 9.17) is 17.3 Å². The second kappa shape index (κ2) is 5.59. The number of anilines is 2. The van der Waals surface area contributed by atoms with Gasteiger partial charge in [-0.05, 0) is 52.3 Å². The molecule has 2 aromatic rings. The van der Waals surface area contributed by atoms with E-state index >= 15 is 0 Å². The minimum Gasteiger partial charge on any atom is -0.399 e. The molecule has 3 N–H and O–H groups in total. The van der Waals surface area contributed by atoms with E-state index in [0.29, 0.717) is 9.50 Å². The fourth-order valence-corrected chi connectivity index (χ4v) is 3.57. The number of nitrogen functional groups attached to an aromatic ring is 1. The molecule has 0 saturated heterocycles. The summed E-state index contributed by atoms with van der Waals surface area (Å²) in [5, 5.41) is 0.454. The van der Waals surface area contributed by atoms with E-state index in [1.54, 1.807) is 6.07 Å². The van der Waals surface area contributed by atoms with E-state index in [9.17, 15) is 12.8 Å². The second-order valence-corrected chi connectivity index (χ2v) is 6.92. The predicted octanol–water partition coefficient (Wildman–Crippen LogP) is 3.62. The van der Waals surface area contributed by atoms with Crippen molar-refractivity contribution in [3.05, 3.63) is 51.7 Å². The van der Waals surface area contributed by atoms with Gasteiger partial charge in [0.1, 0.15) is 5.82 Å². The van der Waals surface area contributed by atoms with Crippen LogP contribution in [0.15, 0.2) is 45.8 Å². The number of rotatable bonds is 3. The summed E-state index contributed by atoms with van der Waals surface area (Å²) in [6.07, 6.45) is 0. The first kappa shape index (κ1) is 15.1. The smallest absolute Gasteiger partial charge is 0.262 e. The molecule has 0 atom stereocenters. The Morgan fingerprint density at radius 2 is 1.90 bits per heavy atom. The Bertz CT molecular complexity index is 748. The van der Waals surface area contributed by atoms with Gasteiger partial charge in [0, 0.05) is 15.2 Å². The molecule has 2 aromatic carbocycles. The molecule has 0 unspecified atom stereocenters. The Hall–Kier alpha value is -1.31. The van der Waals surface area contributed by atoms with Gasteiger partial charge in [-0.2, -0.15) is 0 Å². The zero-order chi connectivity index (χ0) is 14.9. The maximum Gasteiger partial charge on any atom is 0.262 e. The predicted molar refractivity (Wildman–Crippen MR) is 80.8 cm³/mol. The van der Waals surface area contributed by atoms with Crippen LogP contribution in [0, 0.1) is 5.82 Å². The quantitative estimate of drug-likeness (QED) is 0.800. The lowest BCUT2D eigenvalue weighted by molar-refractivity contribution is 0.595. The van der Waals surface area contributed by atoms with Crippen LogP contribution >= 0.6 is 27.5 Å². The zero-order valence-electron chi connectivity index (χ0n) is 9.90. The molecule has 2 rings (SSSR count). The van der Waals surface area contributed by atoms with Gasteiger partial charge in [0.2, 0.25) is 0 Å². The van der Waals surface area contributed by atoms with Gasteiger partial charge in [0.25, 0.3) is 10.0 Å². The van der Waals surface area contributed by atoms with Crippen LogP contribution in [0.25, 0.3) is 0 Å². The van der Waals surface area contributed by atoms with Crippen molar-refractivity contribution in [3.63, 3.8) is 0 Å². The van der Waals surface area contributed by atoms with Crippen molar-refractivity contribution in [2.75, 3.05) is 10.5 Å². The Morgan fingerprint density at radius 3 is 2.50 bits per heavy atom. The highest BCUT2D eigenvalue weighted by Gasteiger charge is 2.17. The normalized spacial score (nSPS) is 11.3.